The molecule has 0 saturated carbocycles. The summed E-state index contributed by atoms with van der Waals surface area (Å²) in [4.78, 5) is 38.9. The van der Waals surface area contributed by atoms with E-state index in [4.69, 9.17) is 0 Å². The molecular weight excluding hydrogens is 412 g/mol. The minimum atomic E-state index is -0.962. The van der Waals surface area contributed by atoms with Crippen molar-refractivity contribution in [1.29, 1.82) is 0 Å². The van der Waals surface area contributed by atoms with Gasteiger partial charge in [-0.25, -0.2) is 0 Å². The number of hydrogen-bond donors (Lipinski definition) is 3. The molecule has 31 heavy (non-hydrogen) atoms. The normalized spacial score (nSPS) is 20.0. The minimum Gasteiger partial charge on any atom is -0.481 e. The average Bonchev–Trinajstić information content (AvgIpc) is 3.16. The molecule has 2 amide bonds. The maximum absolute atomic E-state index is 13.1. The number of amides is 2. The topological polar surface area (TPSA) is 95.5 Å². The predicted molar refractivity (Wildman–Crippen MR) is 120 cm³/mol. The zero-order chi connectivity index (χ0) is 21.8. The lowest BCUT2D eigenvalue weighted by atomic mass is 9.82. The summed E-state index contributed by atoms with van der Waals surface area (Å²) in [6.45, 7) is 0.409. The van der Waals surface area contributed by atoms with Gasteiger partial charge in [0.15, 0.2) is 0 Å². The lowest BCUT2D eigenvalue weighted by Gasteiger charge is -2.24. The SMILES string of the molecule is O=C(NCc1ccccc1)c1c(NC(=O)[C@H]2CC=CC[C@H]2C(=O)O)sc2c1CCCC2. The number of carbonyl (C=O) groups excluding carboxylic acids is 2. The Bertz CT molecular complexity index is 1010. The van der Waals surface area contributed by atoms with E-state index in [2.05, 4.69) is 10.6 Å². The summed E-state index contributed by atoms with van der Waals surface area (Å²) >= 11 is 1.46. The second kappa shape index (κ2) is 9.47. The first-order chi connectivity index (χ1) is 15.0. The first-order valence-electron chi connectivity index (χ1n) is 10.7. The number of allylic oxidation sites excluding steroid dienone is 2. The van der Waals surface area contributed by atoms with Gasteiger partial charge in [0.25, 0.3) is 5.91 Å². The highest BCUT2D eigenvalue weighted by Crippen LogP contribution is 2.39. The van der Waals surface area contributed by atoms with E-state index >= 15 is 0 Å². The van der Waals surface area contributed by atoms with E-state index in [0.29, 0.717) is 30.0 Å². The lowest BCUT2D eigenvalue weighted by Crippen LogP contribution is -2.35. The maximum Gasteiger partial charge on any atom is 0.307 e. The Morgan fingerprint density at radius 1 is 1.00 bits per heavy atom. The third kappa shape index (κ3) is 4.71. The zero-order valence-electron chi connectivity index (χ0n) is 17.2. The molecule has 6 nitrogen and oxygen atoms in total. The number of carbonyl (C=O) groups is 3. The Morgan fingerprint density at radius 2 is 1.71 bits per heavy atom. The van der Waals surface area contributed by atoms with Gasteiger partial charge in [-0.05, 0) is 49.7 Å². The van der Waals surface area contributed by atoms with Crippen LogP contribution in [-0.4, -0.2) is 22.9 Å². The standard InChI is InChI=1S/C24H26N2O4S/c27-21(16-10-4-5-11-17(16)24(29)30)26-23-20(18-12-6-7-13-19(18)31-23)22(28)25-14-15-8-2-1-3-9-15/h1-5,8-9,16-17H,6-7,10-14H2,(H,25,28)(H,26,27)(H,29,30)/t16-,17+/m0/s1. The number of carboxylic acid groups (broad SMARTS) is 1. The quantitative estimate of drug-likeness (QED) is 0.590. The van der Waals surface area contributed by atoms with Crippen molar-refractivity contribution < 1.29 is 19.5 Å². The highest BCUT2D eigenvalue weighted by molar-refractivity contribution is 7.17. The Kier molecular flexibility index (Phi) is 6.51. The first-order valence-corrected chi connectivity index (χ1v) is 11.5. The fourth-order valence-electron chi connectivity index (χ4n) is 4.34. The van der Waals surface area contributed by atoms with E-state index in [1.807, 2.05) is 42.5 Å². The molecule has 2 atom stereocenters. The van der Waals surface area contributed by atoms with Crippen molar-refractivity contribution in [3.63, 3.8) is 0 Å². The van der Waals surface area contributed by atoms with Crippen LogP contribution in [0, 0.1) is 11.8 Å². The van der Waals surface area contributed by atoms with Crippen LogP contribution in [0.15, 0.2) is 42.5 Å². The molecule has 1 aromatic carbocycles. The molecule has 2 aliphatic carbocycles. The van der Waals surface area contributed by atoms with Gasteiger partial charge in [0.05, 0.1) is 17.4 Å². The molecule has 1 heterocycles. The Balaban J connectivity index is 1.56. The predicted octanol–water partition coefficient (Wildman–Crippen LogP) is 4.16. The van der Waals surface area contributed by atoms with Crippen LogP contribution < -0.4 is 10.6 Å². The zero-order valence-corrected chi connectivity index (χ0v) is 18.0. The van der Waals surface area contributed by atoms with Gasteiger partial charge in [-0.15, -0.1) is 11.3 Å². The maximum atomic E-state index is 13.1. The van der Waals surface area contributed by atoms with Crippen LogP contribution >= 0.6 is 11.3 Å². The largest absolute Gasteiger partial charge is 0.481 e. The molecule has 0 radical (unpaired) electrons. The van der Waals surface area contributed by atoms with Crippen molar-refractivity contribution in [3.8, 4) is 0 Å². The number of aliphatic carboxylic acids is 1. The summed E-state index contributed by atoms with van der Waals surface area (Å²) in [6.07, 6.45) is 8.22. The number of benzene rings is 1. The molecule has 2 aliphatic rings. The molecule has 0 spiro atoms. The highest BCUT2D eigenvalue weighted by Gasteiger charge is 2.35. The molecule has 0 aliphatic heterocycles. The van der Waals surface area contributed by atoms with Gasteiger partial charge < -0.3 is 15.7 Å². The van der Waals surface area contributed by atoms with E-state index < -0.39 is 17.8 Å². The molecule has 7 heteroatoms. The van der Waals surface area contributed by atoms with Crippen molar-refractivity contribution in [2.24, 2.45) is 11.8 Å². The Labute approximate surface area is 185 Å². The van der Waals surface area contributed by atoms with Crippen LogP contribution in [0.1, 0.15) is 52.0 Å². The van der Waals surface area contributed by atoms with Crippen LogP contribution in [0.4, 0.5) is 5.00 Å². The van der Waals surface area contributed by atoms with Crippen molar-refractivity contribution in [1.82, 2.24) is 5.32 Å². The number of carboxylic acids is 1. The summed E-state index contributed by atoms with van der Waals surface area (Å²) < 4.78 is 0. The van der Waals surface area contributed by atoms with E-state index in [1.54, 1.807) is 0 Å². The van der Waals surface area contributed by atoms with Crippen LogP contribution in [0.25, 0.3) is 0 Å². The van der Waals surface area contributed by atoms with E-state index in [1.165, 1.54) is 11.3 Å². The van der Waals surface area contributed by atoms with Gasteiger partial charge >= 0.3 is 5.97 Å². The van der Waals surface area contributed by atoms with Gasteiger partial charge in [-0.3, -0.25) is 14.4 Å². The summed E-state index contributed by atoms with van der Waals surface area (Å²) in [6, 6.07) is 9.69. The van der Waals surface area contributed by atoms with Crippen molar-refractivity contribution in [2.45, 2.75) is 45.1 Å². The average molecular weight is 439 g/mol. The van der Waals surface area contributed by atoms with E-state index in [9.17, 15) is 19.5 Å². The number of thiophene rings is 1. The van der Waals surface area contributed by atoms with Crippen molar-refractivity contribution in [2.75, 3.05) is 5.32 Å². The van der Waals surface area contributed by atoms with Gasteiger partial charge in [0.1, 0.15) is 5.00 Å². The smallest absolute Gasteiger partial charge is 0.307 e. The van der Waals surface area contributed by atoms with Gasteiger partial charge in [-0.2, -0.15) is 0 Å². The molecule has 3 N–H and O–H groups in total. The summed E-state index contributed by atoms with van der Waals surface area (Å²) in [5.41, 5.74) is 2.57. The number of aryl methyl sites for hydroxylation is 1. The molecule has 0 fully saturated rings. The fourth-order valence-corrected chi connectivity index (χ4v) is 5.63. The Hall–Kier alpha value is -2.93. The monoisotopic (exact) mass is 438 g/mol. The second-order valence-corrected chi connectivity index (χ2v) is 9.17. The fraction of sp³-hybridized carbons (Fsp3) is 0.375. The first kappa shape index (κ1) is 21.3. The van der Waals surface area contributed by atoms with Gasteiger partial charge in [0.2, 0.25) is 5.91 Å². The lowest BCUT2D eigenvalue weighted by molar-refractivity contribution is -0.146. The number of anilines is 1. The highest BCUT2D eigenvalue weighted by atomic mass is 32.1. The molecular formula is C24H26N2O4S. The van der Waals surface area contributed by atoms with Crippen molar-refractivity contribution in [3.05, 3.63) is 64.1 Å². The van der Waals surface area contributed by atoms with E-state index in [0.717, 1.165) is 41.7 Å². The second-order valence-electron chi connectivity index (χ2n) is 8.07. The van der Waals surface area contributed by atoms with Crippen LogP contribution in [0.5, 0.6) is 0 Å². The number of nitrogens with one attached hydrogen (secondary N) is 2. The third-order valence-electron chi connectivity index (χ3n) is 6.02. The molecule has 2 aromatic rings. The molecule has 0 unspecified atom stereocenters. The van der Waals surface area contributed by atoms with Crippen LogP contribution in [0.3, 0.4) is 0 Å². The van der Waals surface area contributed by atoms with Crippen LogP contribution in [-0.2, 0) is 29.0 Å². The van der Waals surface area contributed by atoms with Crippen LogP contribution in [0.2, 0.25) is 0 Å². The molecule has 162 valence electrons. The molecule has 0 bridgehead atoms. The van der Waals surface area contributed by atoms with Gasteiger partial charge in [-0.1, -0.05) is 42.5 Å². The molecule has 4 rings (SSSR count). The van der Waals surface area contributed by atoms with Crippen molar-refractivity contribution >= 4 is 34.1 Å². The van der Waals surface area contributed by atoms with Gasteiger partial charge in [0, 0.05) is 11.4 Å². The third-order valence-corrected chi connectivity index (χ3v) is 7.22. The number of hydrogen-bond acceptors (Lipinski definition) is 4. The number of fused-ring (bicyclic) bond motifs is 1. The summed E-state index contributed by atoms with van der Waals surface area (Å²) in [5, 5.41) is 16.0. The summed E-state index contributed by atoms with van der Waals surface area (Å²) in [7, 11) is 0. The Morgan fingerprint density at radius 3 is 2.45 bits per heavy atom. The molecule has 0 saturated heterocycles. The molecule has 1 aromatic heterocycles. The van der Waals surface area contributed by atoms with E-state index in [-0.39, 0.29) is 11.8 Å². The number of rotatable bonds is 6. The minimum absolute atomic E-state index is 0.197. The summed E-state index contributed by atoms with van der Waals surface area (Å²) in [5.74, 6) is -2.86.